The van der Waals surface area contributed by atoms with Crippen molar-refractivity contribution >= 4 is 12.6 Å². The zero-order chi connectivity index (χ0) is 10.8. The molecule has 2 rings (SSSR count). The lowest BCUT2D eigenvalue weighted by molar-refractivity contribution is 0.149. The maximum absolute atomic E-state index is 4.51. The molecule has 0 bridgehead atoms. The lowest BCUT2D eigenvalue weighted by Crippen LogP contribution is -2.31. The summed E-state index contributed by atoms with van der Waals surface area (Å²) in [5.41, 5.74) is 4.69. The topological polar surface area (TPSA) is 18.5 Å². The molecule has 0 spiro atoms. The number of hydrogen-bond donors (Lipinski definition) is 2. The molecule has 0 saturated carbocycles. The van der Waals surface area contributed by atoms with Crippen molar-refractivity contribution in [1.82, 2.24) is 15.3 Å². The van der Waals surface area contributed by atoms with E-state index in [-0.39, 0.29) is 11.7 Å². The molecular weight excluding hydrogens is 206 g/mol. The van der Waals surface area contributed by atoms with E-state index in [2.05, 4.69) is 66.2 Å². The molecule has 0 radical (unpaired) electrons. The average molecular weight is 223 g/mol. The van der Waals surface area contributed by atoms with Crippen LogP contribution in [0.3, 0.4) is 0 Å². The van der Waals surface area contributed by atoms with E-state index in [4.69, 9.17) is 0 Å². The monoisotopic (exact) mass is 223 g/mol. The Morgan fingerprint density at radius 2 is 2.00 bits per heavy atom. The van der Waals surface area contributed by atoms with Crippen LogP contribution in [-0.2, 0) is 0 Å². The fourth-order valence-electron chi connectivity index (χ4n) is 2.07. The summed E-state index contributed by atoms with van der Waals surface area (Å²) in [7, 11) is 2.05. The molecule has 1 aliphatic heterocycles. The molecular formula is C11H17N3S. The standard InChI is InChI=1S/C11H17N3S/c1-3-14-10(13(2)12-11(14)15)9-7-5-4-6-8-9/h4-8,10-12,15H,3H2,1-2H3. The predicted octanol–water partition coefficient (Wildman–Crippen LogP) is 1.67. The second kappa shape index (κ2) is 4.53. The van der Waals surface area contributed by atoms with Gasteiger partial charge in [0.05, 0.1) is 0 Å². The highest BCUT2D eigenvalue weighted by atomic mass is 32.1. The highest BCUT2D eigenvalue weighted by molar-refractivity contribution is 7.80. The highest BCUT2D eigenvalue weighted by Gasteiger charge is 2.34. The average Bonchev–Trinajstić information content (AvgIpc) is 2.54. The minimum Gasteiger partial charge on any atom is -0.258 e. The molecule has 15 heavy (non-hydrogen) atoms. The minimum atomic E-state index is 0.102. The molecule has 1 aliphatic rings. The molecule has 0 aromatic heterocycles. The van der Waals surface area contributed by atoms with E-state index in [1.165, 1.54) is 5.56 Å². The predicted molar refractivity (Wildman–Crippen MR) is 65.2 cm³/mol. The van der Waals surface area contributed by atoms with Gasteiger partial charge in [-0.1, -0.05) is 37.3 Å². The normalized spacial score (nSPS) is 28.5. The van der Waals surface area contributed by atoms with Gasteiger partial charge in [-0.3, -0.25) is 4.90 Å². The third-order valence-electron chi connectivity index (χ3n) is 2.78. The summed E-state index contributed by atoms with van der Waals surface area (Å²) in [5.74, 6) is 0. The third kappa shape index (κ3) is 2.03. The van der Waals surface area contributed by atoms with E-state index in [1.54, 1.807) is 0 Å². The van der Waals surface area contributed by atoms with Gasteiger partial charge < -0.3 is 0 Å². The number of benzene rings is 1. The fourth-order valence-corrected chi connectivity index (χ4v) is 2.54. The first-order valence-electron chi connectivity index (χ1n) is 5.21. The molecule has 4 heteroatoms. The van der Waals surface area contributed by atoms with Crippen LogP contribution in [0.25, 0.3) is 0 Å². The van der Waals surface area contributed by atoms with Crippen molar-refractivity contribution in [3.63, 3.8) is 0 Å². The summed E-state index contributed by atoms with van der Waals surface area (Å²) in [6, 6.07) is 10.5. The molecule has 1 N–H and O–H groups in total. The van der Waals surface area contributed by atoms with Crippen LogP contribution in [0.2, 0.25) is 0 Å². The van der Waals surface area contributed by atoms with Crippen LogP contribution in [0.15, 0.2) is 30.3 Å². The first-order valence-corrected chi connectivity index (χ1v) is 5.73. The van der Waals surface area contributed by atoms with Gasteiger partial charge >= 0.3 is 0 Å². The summed E-state index contributed by atoms with van der Waals surface area (Å²) in [5, 5.41) is 2.11. The van der Waals surface area contributed by atoms with Gasteiger partial charge in [-0.15, -0.1) is 12.6 Å². The zero-order valence-electron chi connectivity index (χ0n) is 9.09. The van der Waals surface area contributed by atoms with Crippen molar-refractivity contribution in [3.8, 4) is 0 Å². The Hall–Kier alpha value is -0.550. The lowest BCUT2D eigenvalue weighted by Gasteiger charge is -2.26. The van der Waals surface area contributed by atoms with Gasteiger partial charge in [0.25, 0.3) is 0 Å². The number of nitrogens with one attached hydrogen (secondary N) is 1. The first kappa shape index (κ1) is 11.0. The molecule has 3 nitrogen and oxygen atoms in total. The molecule has 1 fully saturated rings. The second-order valence-electron chi connectivity index (χ2n) is 3.73. The van der Waals surface area contributed by atoms with E-state index in [1.807, 2.05) is 6.07 Å². The maximum atomic E-state index is 4.51. The Bertz CT molecular complexity index is 317. The van der Waals surface area contributed by atoms with Crippen molar-refractivity contribution in [3.05, 3.63) is 35.9 Å². The molecule has 0 aliphatic carbocycles. The Morgan fingerprint density at radius 3 is 2.60 bits per heavy atom. The lowest BCUT2D eigenvalue weighted by atomic mass is 10.1. The molecule has 2 unspecified atom stereocenters. The Morgan fingerprint density at radius 1 is 1.33 bits per heavy atom. The van der Waals surface area contributed by atoms with Crippen LogP contribution in [0.5, 0.6) is 0 Å². The Balaban J connectivity index is 2.27. The SMILES string of the molecule is CCN1C(S)NN(C)C1c1ccccc1. The summed E-state index contributed by atoms with van der Waals surface area (Å²) in [4.78, 5) is 2.30. The molecule has 1 aromatic rings. The first-order chi connectivity index (χ1) is 7.24. The summed E-state index contributed by atoms with van der Waals surface area (Å²) in [6.07, 6.45) is 0.277. The summed E-state index contributed by atoms with van der Waals surface area (Å²) < 4.78 is 0. The smallest absolute Gasteiger partial charge is 0.119 e. The van der Waals surface area contributed by atoms with E-state index in [9.17, 15) is 0 Å². The van der Waals surface area contributed by atoms with Gasteiger partial charge in [0.1, 0.15) is 11.7 Å². The van der Waals surface area contributed by atoms with Crippen molar-refractivity contribution in [2.24, 2.45) is 0 Å². The minimum absolute atomic E-state index is 0.102. The van der Waals surface area contributed by atoms with Gasteiger partial charge in [-0.25, -0.2) is 10.4 Å². The largest absolute Gasteiger partial charge is 0.258 e. The Labute approximate surface area is 96.4 Å². The fraction of sp³-hybridized carbons (Fsp3) is 0.455. The maximum Gasteiger partial charge on any atom is 0.119 e. The van der Waals surface area contributed by atoms with Crippen LogP contribution in [0.4, 0.5) is 0 Å². The van der Waals surface area contributed by atoms with E-state index >= 15 is 0 Å². The summed E-state index contributed by atoms with van der Waals surface area (Å²) >= 11 is 4.51. The molecule has 0 amide bonds. The van der Waals surface area contributed by atoms with Crippen LogP contribution < -0.4 is 5.43 Å². The molecule has 82 valence electrons. The van der Waals surface area contributed by atoms with Crippen LogP contribution >= 0.6 is 12.6 Å². The summed E-state index contributed by atoms with van der Waals surface area (Å²) in [6.45, 7) is 3.13. The highest BCUT2D eigenvalue weighted by Crippen LogP contribution is 2.29. The number of thiol groups is 1. The number of hydrogen-bond acceptors (Lipinski definition) is 4. The quantitative estimate of drug-likeness (QED) is 0.744. The van der Waals surface area contributed by atoms with Crippen molar-refractivity contribution < 1.29 is 0 Å². The van der Waals surface area contributed by atoms with E-state index < -0.39 is 0 Å². The van der Waals surface area contributed by atoms with Gasteiger partial charge in [0.2, 0.25) is 0 Å². The van der Waals surface area contributed by atoms with E-state index in [0.29, 0.717) is 0 Å². The number of nitrogens with zero attached hydrogens (tertiary/aromatic N) is 2. The number of rotatable bonds is 2. The molecule has 2 atom stereocenters. The molecule has 1 heterocycles. The van der Waals surface area contributed by atoms with Gasteiger partial charge in [0.15, 0.2) is 0 Å². The van der Waals surface area contributed by atoms with Crippen molar-refractivity contribution in [2.75, 3.05) is 13.6 Å². The molecule has 1 aromatic carbocycles. The van der Waals surface area contributed by atoms with Crippen LogP contribution in [-0.4, -0.2) is 29.0 Å². The van der Waals surface area contributed by atoms with Crippen LogP contribution in [0, 0.1) is 0 Å². The number of hydrazine groups is 1. The van der Waals surface area contributed by atoms with Crippen molar-refractivity contribution in [1.29, 1.82) is 0 Å². The molecule has 1 saturated heterocycles. The van der Waals surface area contributed by atoms with Crippen LogP contribution in [0.1, 0.15) is 18.7 Å². The van der Waals surface area contributed by atoms with Crippen molar-refractivity contribution in [2.45, 2.75) is 18.6 Å². The second-order valence-corrected chi connectivity index (χ2v) is 4.22. The zero-order valence-corrected chi connectivity index (χ0v) is 9.98. The van der Waals surface area contributed by atoms with Gasteiger partial charge in [-0.2, -0.15) is 0 Å². The van der Waals surface area contributed by atoms with E-state index in [0.717, 1.165) is 6.54 Å². The van der Waals surface area contributed by atoms with Gasteiger partial charge in [0, 0.05) is 7.05 Å². The third-order valence-corrected chi connectivity index (χ3v) is 3.19. The van der Waals surface area contributed by atoms with Gasteiger partial charge in [-0.05, 0) is 12.1 Å². The Kier molecular flexibility index (Phi) is 3.31.